The van der Waals surface area contributed by atoms with E-state index in [1.54, 1.807) is 0 Å². The Morgan fingerprint density at radius 2 is 2.62 bits per heavy atom. The molecular formula is C7H7N. The summed E-state index contributed by atoms with van der Waals surface area (Å²) in [4.78, 5) is 0. The molecular weight excluding hydrogens is 98.1 g/mol. The first-order valence-corrected chi connectivity index (χ1v) is 2.66. The third kappa shape index (κ3) is 0.974. The van der Waals surface area contributed by atoms with Crippen LogP contribution < -0.4 is 0 Å². The molecule has 0 unspecified atom stereocenters. The van der Waals surface area contributed by atoms with Gasteiger partial charge in [-0.3, -0.25) is 0 Å². The summed E-state index contributed by atoms with van der Waals surface area (Å²) in [7, 11) is 0. The molecule has 0 radical (unpaired) electrons. The zero-order chi connectivity index (χ0) is 5.82. The fraction of sp³-hybridized carbons (Fsp3) is 0.286. The van der Waals surface area contributed by atoms with Gasteiger partial charge in [0.2, 0.25) is 0 Å². The van der Waals surface area contributed by atoms with Gasteiger partial charge in [-0.25, -0.2) is 0 Å². The van der Waals surface area contributed by atoms with Crippen molar-refractivity contribution >= 4 is 0 Å². The molecule has 0 saturated heterocycles. The second-order valence-corrected chi connectivity index (χ2v) is 1.75. The maximum Gasteiger partial charge on any atom is 0.0669 e. The minimum Gasteiger partial charge on any atom is -0.198 e. The van der Waals surface area contributed by atoms with Gasteiger partial charge in [-0.05, 0) is 12.0 Å². The van der Waals surface area contributed by atoms with Crippen molar-refractivity contribution in [2.45, 2.75) is 12.8 Å². The lowest BCUT2D eigenvalue weighted by atomic mass is 10.2. The SMILES string of the molecule is N#CCC1=CCC=C1. The Morgan fingerprint density at radius 1 is 1.75 bits per heavy atom. The highest BCUT2D eigenvalue weighted by molar-refractivity contribution is 5.28. The van der Waals surface area contributed by atoms with Crippen LogP contribution >= 0.6 is 0 Å². The summed E-state index contributed by atoms with van der Waals surface area (Å²) in [5, 5.41) is 8.20. The average molecular weight is 105 g/mol. The average Bonchev–Trinajstić information content (AvgIpc) is 2.19. The van der Waals surface area contributed by atoms with E-state index < -0.39 is 0 Å². The number of nitrogens with zero attached hydrogens (tertiary/aromatic N) is 1. The lowest BCUT2D eigenvalue weighted by Gasteiger charge is -1.82. The van der Waals surface area contributed by atoms with E-state index in [-0.39, 0.29) is 0 Å². The van der Waals surface area contributed by atoms with Gasteiger partial charge in [0, 0.05) is 0 Å². The van der Waals surface area contributed by atoms with Crippen LogP contribution in [0.4, 0.5) is 0 Å². The minimum atomic E-state index is 0.566. The molecule has 8 heavy (non-hydrogen) atoms. The quantitative estimate of drug-likeness (QED) is 0.498. The maximum atomic E-state index is 8.20. The van der Waals surface area contributed by atoms with Crippen molar-refractivity contribution in [3.63, 3.8) is 0 Å². The topological polar surface area (TPSA) is 23.8 Å². The highest BCUT2D eigenvalue weighted by Gasteiger charge is 1.93. The molecule has 1 aliphatic carbocycles. The molecule has 1 heteroatoms. The van der Waals surface area contributed by atoms with Crippen LogP contribution in [0.2, 0.25) is 0 Å². The van der Waals surface area contributed by atoms with Gasteiger partial charge < -0.3 is 0 Å². The van der Waals surface area contributed by atoms with Crippen LogP contribution in [0.1, 0.15) is 12.8 Å². The molecule has 0 bridgehead atoms. The van der Waals surface area contributed by atoms with E-state index in [1.807, 2.05) is 6.08 Å². The van der Waals surface area contributed by atoms with Crippen molar-refractivity contribution in [2.24, 2.45) is 0 Å². The van der Waals surface area contributed by atoms with E-state index in [0.717, 1.165) is 12.0 Å². The van der Waals surface area contributed by atoms with Gasteiger partial charge >= 0.3 is 0 Å². The monoisotopic (exact) mass is 105 g/mol. The second kappa shape index (κ2) is 2.32. The predicted molar refractivity (Wildman–Crippen MR) is 32.1 cm³/mol. The lowest BCUT2D eigenvalue weighted by Crippen LogP contribution is -1.67. The van der Waals surface area contributed by atoms with Crippen molar-refractivity contribution in [1.29, 1.82) is 5.26 Å². The Bertz CT molecular complexity index is 169. The van der Waals surface area contributed by atoms with E-state index >= 15 is 0 Å². The van der Waals surface area contributed by atoms with Gasteiger partial charge in [-0.1, -0.05) is 18.2 Å². The largest absolute Gasteiger partial charge is 0.198 e. The molecule has 0 amide bonds. The smallest absolute Gasteiger partial charge is 0.0669 e. The van der Waals surface area contributed by atoms with E-state index in [4.69, 9.17) is 5.26 Å². The van der Waals surface area contributed by atoms with E-state index in [2.05, 4.69) is 18.2 Å². The summed E-state index contributed by atoms with van der Waals surface area (Å²) < 4.78 is 0. The molecule has 0 N–H and O–H groups in total. The van der Waals surface area contributed by atoms with Gasteiger partial charge in [-0.15, -0.1) is 0 Å². The Morgan fingerprint density at radius 3 is 3.12 bits per heavy atom. The first kappa shape index (κ1) is 5.11. The molecule has 0 aromatic carbocycles. The van der Waals surface area contributed by atoms with E-state index in [9.17, 15) is 0 Å². The molecule has 0 aliphatic heterocycles. The predicted octanol–water partition coefficient (Wildman–Crippen LogP) is 1.79. The fourth-order valence-electron chi connectivity index (χ4n) is 0.729. The van der Waals surface area contributed by atoms with Gasteiger partial charge in [0.25, 0.3) is 0 Å². The molecule has 1 nitrogen and oxygen atoms in total. The van der Waals surface area contributed by atoms with Crippen molar-refractivity contribution in [2.75, 3.05) is 0 Å². The number of hydrogen-bond acceptors (Lipinski definition) is 1. The summed E-state index contributed by atoms with van der Waals surface area (Å²) in [5.41, 5.74) is 1.16. The molecule has 0 spiro atoms. The molecule has 40 valence electrons. The Hall–Kier alpha value is -1.03. The number of hydrogen-bond donors (Lipinski definition) is 0. The zero-order valence-corrected chi connectivity index (χ0v) is 4.59. The van der Waals surface area contributed by atoms with Gasteiger partial charge in [-0.2, -0.15) is 5.26 Å². The first-order chi connectivity index (χ1) is 3.93. The van der Waals surface area contributed by atoms with Crippen LogP contribution in [0.25, 0.3) is 0 Å². The van der Waals surface area contributed by atoms with Gasteiger partial charge in [0.15, 0.2) is 0 Å². The van der Waals surface area contributed by atoms with Crippen molar-refractivity contribution < 1.29 is 0 Å². The molecule has 0 aromatic heterocycles. The number of rotatable bonds is 1. The second-order valence-electron chi connectivity index (χ2n) is 1.75. The molecule has 0 saturated carbocycles. The summed E-state index contributed by atoms with van der Waals surface area (Å²) in [5.74, 6) is 0. The first-order valence-electron chi connectivity index (χ1n) is 2.66. The third-order valence-corrected chi connectivity index (χ3v) is 1.13. The molecule has 0 atom stereocenters. The summed E-state index contributed by atoms with van der Waals surface area (Å²) in [6.45, 7) is 0. The lowest BCUT2D eigenvalue weighted by molar-refractivity contribution is 1.27. The Balaban J connectivity index is 2.49. The maximum absolute atomic E-state index is 8.20. The standard InChI is InChI=1S/C7H7N/c8-6-5-7-3-1-2-4-7/h1,3-4H,2,5H2. The number of nitriles is 1. The van der Waals surface area contributed by atoms with E-state index in [0.29, 0.717) is 6.42 Å². The molecule has 1 rings (SSSR count). The van der Waals surface area contributed by atoms with Crippen molar-refractivity contribution in [3.8, 4) is 6.07 Å². The molecule has 0 fully saturated rings. The van der Waals surface area contributed by atoms with Crippen molar-refractivity contribution in [3.05, 3.63) is 23.8 Å². The summed E-state index contributed by atoms with van der Waals surface area (Å²) >= 11 is 0. The highest BCUT2D eigenvalue weighted by atomic mass is 14.2. The van der Waals surface area contributed by atoms with Crippen LogP contribution in [0.5, 0.6) is 0 Å². The highest BCUT2D eigenvalue weighted by Crippen LogP contribution is 2.10. The molecule has 1 aliphatic rings. The molecule has 0 heterocycles. The summed E-state index contributed by atoms with van der Waals surface area (Å²) in [6.07, 6.45) is 7.71. The third-order valence-electron chi connectivity index (χ3n) is 1.13. The van der Waals surface area contributed by atoms with Crippen LogP contribution in [0.15, 0.2) is 23.8 Å². The van der Waals surface area contributed by atoms with Crippen molar-refractivity contribution in [1.82, 2.24) is 0 Å². The van der Waals surface area contributed by atoms with Crippen LogP contribution in [0.3, 0.4) is 0 Å². The Labute approximate surface area is 48.9 Å². The normalized spacial score (nSPS) is 15.6. The fourth-order valence-corrected chi connectivity index (χ4v) is 0.729. The Kier molecular flexibility index (Phi) is 1.48. The molecule has 0 aromatic rings. The number of allylic oxidation sites excluding steroid dienone is 4. The van der Waals surface area contributed by atoms with Gasteiger partial charge in [0.05, 0.1) is 12.5 Å². The minimum absolute atomic E-state index is 0.566. The van der Waals surface area contributed by atoms with Gasteiger partial charge in [0.1, 0.15) is 0 Å². The van der Waals surface area contributed by atoms with E-state index in [1.165, 1.54) is 0 Å². The van der Waals surface area contributed by atoms with Crippen LogP contribution in [-0.4, -0.2) is 0 Å². The zero-order valence-electron chi connectivity index (χ0n) is 4.59. The summed E-state index contributed by atoms with van der Waals surface area (Å²) in [6, 6.07) is 2.09. The van der Waals surface area contributed by atoms with Crippen LogP contribution in [-0.2, 0) is 0 Å². The van der Waals surface area contributed by atoms with Crippen LogP contribution in [0, 0.1) is 11.3 Å².